The molecule has 0 spiro atoms. The summed E-state index contributed by atoms with van der Waals surface area (Å²) in [5.41, 5.74) is 5.31. The first kappa shape index (κ1) is 40.7. The van der Waals surface area contributed by atoms with E-state index in [1.807, 2.05) is 12.1 Å². The number of hydrogen-bond acceptors (Lipinski definition) is 15. The normalized spacial score (nSPS) is 18.9. The molecule has 3 atom stereocenters. The van der Waals surface area contributed by atoms with Crippen molar-refractivity contribution >= 4 is 90.4 Å². The zero-order chi connectivity index (χ0) is 38.4. The van der Waals surface area contributed by atoms with E-state index in [9.17, 15) is 0 Å². The molecule has 55 heavy (non-hydrogen) atoms. The quantitative estimate of drug-likeness (QED) is 0.149. The number of halogens is 4. The zero-order valence-electron chi connectivity index (χ0n) is 29.8. The Hall–Kier alpha value is -3.93. The van der Waals surface area contributed by atoms with Crippen LogP contribution in [0.25, 0.3) is 32.3 Å². The van der Waals surface area contributed by atoms with E-state index in [4.69, 9.17) is 66.3 Å². The van der Waals surface area contributed by atoms with Gasteiger partial charge in [-0.1, -0.05) is 46.4 Å². The van der Waals surface area contributed by atoms with Gasteiger partial charge in [0.15, 0.2) is 32.2 Å². The molecule has 0 amide bonds. The monoisotopic (exact) mass is 828 g/mol. The van der Waals surface area contributed by atoms with Crippen LogP contribution in [-0.4, -0.2) is 103 Å². The first-order chi connectivity index (χ1) is 26.9. The van der Waals surface area contributed by atoms with Crippen LogP contribution in [0.1, 0.15) is 38.5 Å². The Balaban J connectivity index is 0.000000131. The first-order valence-corrected chi connectivity index (χ1v) is 19.4. The van der Waals surface area contributed by atoms with Crippen LogP contribution < -0.4 is 16.4 Å². The summed E-state index contributed by atoms with van der Waals surface area (Å²) in [6.07, 6.45) is 17.8. The van der Waals surface area contributed by atoms with Crippen molar-refractivity contribution in [3.8, 4) is 0 Å². The lowest BCUT2D eigenvalue weighted by molar-refractivity contribution is 0.117. The molecule has 3 fully saturated rings. The van der Waals surface area contributed by atoms with E-state index in [0.717, 1.165) is 103 Å². The van der Waals surface area contributed by atoms with Crippen molar-refractivity contribution in [2.24, 2.45) is 5.73 Å². The summed E-state index contributed by atoms with van der Waals surface area (Å²) in [6, 6.07) is 5.47. The van der Waals surface area contributed by atoms with Gasteiger partial charge in [0.2, 0.25) is 0 Å². The maximum Gasteiger partial charge on any atom is 0.161 e. The predicted octanol–water partition coefficient (Wildman–Crippen LogP) is 6.99. The number of fused-ring (bicyclic) bond motifs is 3. The highest BCUT2D eigenvalue weighted by Crippen LogP contribution is 2.27. The Morgan fingerprint density at radius 2 is 0.891 bits per heavy atom. The third-order valence-electron chi connectivity index (χ3n) is 8.89. The largest absolute Gasteiger partial charge is 0.377 e. The van der Waals surface area contributed by atoms with E-state index in [0.29, 0.717) is 39.1 Å². The maximum atomic E-state index is 6.00. The minimum atomic E-state index is 0.259. The van der Waals surface area contributed by atoms with Gasteiger partial charge in [0, 0.05) is 109 Å². The number of aromatic nitrogens is 9. The van der Waals surface area contributed by atoms with E-state index in [1.54, 1.807) is 43.2 Å². The van der Waals surface area contributed by atoms with Gasteiger partial charge in [-0.15, -0.1) is 30.6 Å². The molecule has 0 unspecified atom stereocenters. The lowest BCUT2D eigenvalue weighted by Gasteiger charge is -2.12. The molecule has 3 aliphatic rings. The fraction of sp³-hybridized carbons (Fsp3) is 0.417. The summed E-state index contributed by atoms with van der Waals surface area (Å²) in [5, 5.41) is 36.3. The summed E-state index contributed by atoms with van der Waals surface area (Å²) in [7, 11) is 0. The highest BCUT2D eigenvalue weighted by Gasteiger charge is 2.18. The van der Waals surface area contributed by atoms with E-state index >= 15 is 0 Å². The topological polar surface area (TPSA) is 194 Å². The van der Waals surface area contributed by atoms with E-state index in [-0.39, 0.29) is 12.2 Å². The summed E-state index contributed by atoms with van der Waals surface area (Å²) < 4.78 is 16.3. The minimum absolute atomic E-state index is 0.259. The van der Waals surface area contributed by atoms with Gasteiger partial charge in [-0.2, -0.15) is 0 Å². The second kappa shape index (κ2) is 20.8. The Bertz CT molecular complexity index is 2000. The van der Waals surface area contributed by atoms with Crippen LogP contribution in [0.4, 0.5) is 11.6 Å². The molecule has 0 saturated carbocycles. The molecule has 0 bridgehead atoms. The van der Waals surface area contributed by atoms with Crippen molar-refractivity contribution in [3.05, 3.63) is 76.0 Å². The molecule has 6 aromatic rings. The number of nitrogens with zero attached hydrogens (tertiary/aromatic N) is 9. The van der Waals surface area contributed by atoms with Gasteiger partial charge in [-0.3, -0.25) is 15.0 Å². The molecular weight excluding hydrogens is 790 g/mol. The number of hydrogen-bond donors (Lipinski definition) is 3. The number of nitrogens with one attached hydrogen (secondary N) is 2. The fourth-order valence-electron chi connectivity index (χ4n) is 5.99. The highest BCUT2D eigenvalue weighted by atomic mass is 35.5. The summed E-state index contributed by atoms with van der Waals surface area (Å²) in [4.78, 5) is 12.0. The molecule has 4 N–H and O–H groups in total. The molecular formula is C36H40Cl4N12O3. The van der Waals surface area contributed by atoms with Gasteiger partial charge in [-0.05, 0) is 56.7 Å². The average Bonchev–Trinajstić information content (AvgIpc) is 4.06. The van der Waals surface area contributed by atoms with Crippen LogP contribution in [0.15, 0.2) is 55.4 Å². The second-order valence-corrected chi connectivity index (χ2v) is 14.1. The second-order valence-electron chi connectivity index (χ2n) is 12.6. The van der Waals surface area contributed by atoms with Gasteiger partial charge in [0.1, 0.15) is 0 Å². The lowest BCUT2D eigenvalue weighted by Crippen LogP contribution is -2.19. The van der Waals surface area contributed by atoms with Crippen LogP contribution in [0.2, 0.25) is 20.6 Å². The van der Waals surface area contributed by atoms with Crippen molar-refractivity contribution in [2.45, 2.75) is 56.8 Å². The molecule has 0 radical (unpaired) electrons. The van der Waals surface area contributed by atoms with Crippen molar-refractivity contribution in [1.82, 2.24) is 45.5 Å². The van der Waals surface area contributed by atoms with Gasteiger partial charge >= 0.3 is 0 Å². The number of pyridine rings is 3. The van der Waals surface area contributed by atoms with Crippen molar-refractivity contribution < 1.29 is 14.2 Å². The Kier molecular flexibility index (Phi) is 15.4. The predicted molar refractivity (Wildman–Crippen MR) is 215 cm³/mol. The molecule has 3 saturated heterocycles. The molecule has 290 valence electrons. The zero-order valence-corrected chi connectivity index (χ0v) is 32.8. The SMILES string of the molecule is Clc1nnc(Cl)c2cnccc12.Clc1nnc(NC[C@@H]2CCCO2)c2ccncc12.Clc1nnc(NC[C@@H]2CCCO2)c2cnccc12.NC[C@@H]1CCCO1. The highest BCUT2D eigenvalue weighted by molar-refractivity contribution is 6.38. The van der Waals surface area contributed by atoms with Crippen molar-refractivity contribution in [1.29, 1.82) is 0 Å². The Morgan fingerprint density at radius 1 is 0.509 bits per heavy atom. The van der Waals surface area contributed by atoms with E-state index < -0.39 is 0 Å². The van der Waals surface area contributed by atoms with Gasteiger partial charge in [0.25, 0.3) is 0 Å². The number of rotatable bonds is 7. The van der Waals surface area contributed by atoms with Crippen LogP contribution in [0, 0.1) is 0 Å². The molecule has 6 aromatic heterocycles. The molecule has 15 nitrogen and oxygen atoms in total. The maximum absolute atomic E-state index is 6.00. The third kappa shape index (κ3) is 11.3. The fourth-order valence-corrected chi connectivity index (χ4v) is 6.77. The number of nitrogens with two attached hydrogens (primary N) is 1. The lowest BCUT2D eigenvalue weighted by atomic mass is 10.2. The van der Waals surface area contributed by atoms with Crippen LogP contribution in [-0.2, 0) is 14.2 Å². The molecule has 3 aliphatic heterocycles. The molecule has 19 heteroatoms. The first-order valence-electron chi connectivity index (χ1n) is 17.9. The molecule has 9 rings (SSSR count). The Labute approximate surface area is 337 Å². The van der Waals surface area contributed by atoms with Gasteiger partial charge < -0.3 is 30.6 Å². The number of ether oxygens (including phenoxy) is 3. The van der Waals surface area contributed by atoms with E-state index in [2.05, 4.69) is 56.2 Å². The van der Waals surface area contributed by atoms with Crippen LogP contribution in [0.3, 0.4) is 0 Å². The molecule has 0 aliphatic carbocycles. The summed E-state index contributed by atoms with van der Waals surface area (Å²) in [5.74, 6) is 1.44. The third-order valence-corrected chi connectivity index (χ3v) is 10.0. The van der Waals surface area contributed by atoms with Crippen molar-refractivity contribution in [3.63, 3.8) is 0 Å². The summed E-state index contributed by atoms with van der Waals surface area (Å²) >= 11 is 23.5. The minimum Gasteiger partial charge on any atom is -0.377 e. The van der Waals surface area contributed by atoms with Gasteiger partial charge in [0.05, 0.1) is 18.3 Å². The molecule has 0 aromatic carbocycles. The smallest absolute Gasteiger partial charge is 0.161 e. The summed E-state index contributed by atoms with van der Waals surface area (Å²) in [6.45, 7) is 4.79. The van der Waals surface area contributed by atoms with E-state index in [1.165, 1.54) is 6.42 Å². The van der Waals surface area contributed by atoms with Crippen molar-refractivity contribution in [2.75, 3.05) is 50.1 Å². The standard InChI is InChI=1S/2C12H13ClN4O.C7H3Cl2N3.C5H11NO/c13-11-10-7-14-4-3-9(10)12(17-16-11)15-6-8-2-1-5-18-8;13-11-9-3-4-14-7-10(9)12(17-16-11)15-6-8-2-1-5-18-8;8-6-4-1-2-10-3-5(4)7(9)12-11-6;6-4-5-2-1-3-7-5/h2*3-4,7-8H,1-2,5-6H2,(H,15,17);1-3H;5H,1-4,6H2/t2*8-;;5-/m00.0/s1. The Morgan fingerprint density at radius 3 is 1.33 bits per heavy atom. The van der Waals surface area contributed by atoms with Crippen LogP contribution >= 0.6 is 46.4 Å². The average molecular weight is 831 g/mol. The molecule has 9 heterocycles. The van der Waals surface area contributed by atoms with Gasteiger partial charge in [-0.25, -0.2) is 0 Å². The van der Waals surface area contributed by atoms with Crippen LogP contribution in [0.5, 0.6) is 0 Å². The number of anilines is 2.